The molecule has 0 spiro atoms. The van der Waals surface area contributed by atoms with E-state index >= 15 is 0 Å². The van der Waals surface area contributed by atoms with Gasteiger partial charge < -0.3 is 0 Å². The Kier molecular flexibility index (Phi) is 7.68. The second kappa shape index (κ2) is 8.28. The van der Waals surface area contributed by atoms with Gasteiger partial charge in [0.05, 0.1) is 0 Å². The van der Waals surface area contributed by atoms with Crippen molar-refractivity contribution < 1.29 is 9.09 Å². The average molecular weight is 156 g/mol. The molecule has 0 aliphatic rings. The lowest BCUT2D eigenvalue weighted by molar-refractivity contribution is 0.433. The third-order valence-corrected chi connectivity index (χ3v) is 0.890. The number of benzene rings is 1. The highest BCUT2D eigenvalue weighted by Gasteiger charge is 1.57. The molecule has 0 N–H and O–H groups in total. The van der Waals surface area contributed by atoms with Gasteiger partial charge in [-0.15, -0.1) is 0 Å². The Bertz CT molecular complexity index is 126. The van der Waals surface area contributed by atoms with E-state index in [1.54, 1.807) is 0 Å². The zero-order chi connectivity index (χ0) is 7.66. The summed E-state index contributed by atoms with van der Waals surface area (Å²) in [7, 11) is 1.10. The van der Waals surface area contributed by atoms with Gasteiger partial charge in [-0.2, -0.15) is 0 Å². The van der Waals surface area contributed by atoms with Crippen molar-refractivity contribution in [2.24, 2.45) is 0 Å². The monoisotopic (exact) mass is 156 g/mol. The SMILES string of the molecule is COP=O.c1ccccc1. The van der Waals surface area contributed by atoms with E-state index in [0.29, 0.717) is 0 Å². The van der Waals surface area contributed by atoms with E-state index in [-0.39, 0.29) is 8.69 Å². The van der Waals surface area contributed by atoms with Crippen LogP contribution in [-0.4, -0.2) is 7.11 Å². The largest absolute Gasteiger partial charge is 0.327 e. The van der Waals surface area contributed by atoms with E-state index in [2.05, 4.69) is 4.52 Å². The molecule has 0 amide bonds. The van der Waals surface area contributed by atoms with Crippen LogP contribution >= 0.6 is 8.69 Å². The Balaban J connectivity index is 0.000000180. The Morgan fingerprint density at radius 1 is 1.00 bits per heavy atom. The summed E-state index contributed by atoms with van der Waals surface area (Å²) in [4.78, 5) is 0. The number of rotatable bonds is 1. The van der Waals surface area contributed by atoms with Crippen molar-refractivity contribution in [1.29, 1.82) is 0 Å². The molecule has 0 heterocycles. The van der Waals surface area contributed by atoms with Crippen LogP contribution in [0.15, 0.2) is 36.4 Å². The summed E-state index contributed by atoms with van der Waals surface area (Å²) in [5, 5.41) is 0. The van der Waals surface area contributed by atoms with Crippen molar-refractivity contribution in [1.82, 2.24) is 0 Å². The fourth-order valence-corrected chi connectivity index (χ4v) is 0.385. The third-order valence-electron chi connectivity index (χ3n) is 0.741. The average Bonchev–Trinajstić information content (AvgIpc) is 2.08. The van der Waals surface area contributed by atoms with Gasteiger partial charge in [0.1, 0.15) is 0 Å². The fraction of sp³-hybridized carbons (Fsp3) is 0.143. The van der Waals surface area contributed by atoms with Crippen LogP contribution in [0.3, 0.4) is 0 Å². The van der Waals surface area contributed by atoms with E-state index in [1.807, 2.05) is 36.4 Å². The first-order valence-electron chi connectivity index (χ1n) is 2.77. The molecule has 0 aliphatic heterocycles. The fourth-order valence-electron chi connectivity index (χ4n) is 0.385. The molecule has 0 aliphatic carbocycles. The highest BCUT2D eigenvalue weighted by Crippen LogP contribution is 1.83. The van der Waals surface area contributed by atoms with Crippen molar-refractivity contribution in [2.75, 3.05) is 7.11 Å². The standard InChI is InChI=1S/C6H6.CH3O2P/c1-2-4-6-5-3-1;1-3-4-2/h1-6H;1H3. The Morgan fingerprint density at radius 2 is 1.20 bits per heavy atom. The molecule has 0 bridgehead atoms. The van der Waals surface area contributed by atoms with Gasteiger partial charge in [0, 0.05) is 7.11 Å². The van der Waals surface area contributed by atoms with Crippen LogP contribution in [0.25, 0.3) is 0 Å². The molecule has 0 saturated carbocycles. The van der Waals surface area contributed by atoms with Gasteiger partial charge in [-0.25, -0.2) is 4.57 Å². The Morgan fingerprint density at radius 3 is 1.30 bits per heavy atom. The maximum atomic E-state index is 9.05. The van der Waals surface area contributed by atoms with Gasteiger partial charge in [0.15, 0.2) is 0 Å². The van der Waals surface area contributed by atoms with Gasteiger partial charge in [-0.1, -0.05) is 36.4 Å². The first-order chi connectivity index (χ1) is 4.91. The molecule has 3 heteroatoms. The minimum atomic E-state index is -0.252. The first-order valence-corrected chi connectivity index (χ1v) is 3.50. The van der Waals surface area contributed by atoms with Crippen LogP contribution in [0, 0.1) is 0 Å². The van der Waals surface area contributed by atoms with Crippen LogP contribution in [0.1, 0.15) is 0 Å². The quantitative estimate of drug-likeness (QED) is 0.584. The van der Waals surface area contributed by atoms with E-state index in [0.717, 1.165) is 0 Å². The van der Waals surface area contributed by atoms with Crippen LogP contribution in [0.5, 0.6) is 0 Å². The maximum absolute atomic E-state index is 9.05. The molecule has 1 aromatic carbocycles. The zero-order valence-corrected chi connectivity index (χ0v) is 6.62. The number of hydrogen-bond donors (Lipinski definition) is 0. The van der Waals surface area contributed by atoms with Crippen molar-refractivity contribution in [3.8, 4) is 0 Å². The summed E-state index contributed by atoms with van der Waals surface area (Å²) in [5.41, 5.74) is 0. The molecule has 1 aromatic rings. The zero-order valence-electron chi connectivity index (χ0n) is 5.73. The number of hydrogen-bond acceptors (Lipinski definition) is 2. The van der Waals surface area contributed by atoms with Crippen LogP contribution in [0.2, 0.25) is 0 Å². The lowest BCUT2D eigenvalue weighted by Gasteiger charge is -1.69. The van der Waals surface area contributed by atoms with E-state index < -0.39 is 0 Å². The minimum Gasteiger partial charge on any atom is -0.298 e. The summed E-state index contributed by atoms with van der Waals surface area (Å²) in [6.07, 6.45) is 0. The summed E-state index contributed by atoms with van der Waals surface area (Å²) < 4.78 is 13.0. The molecular weight excluding hydrogens is 147 g/mol. The van der Waals surface area contributed by atoms with Gasteiger partial charge in [0.2, 0.25) is 0 Å². The summed E-state index contributed by atoms with van der Waals surface area (Å²) in [6.45, 7) is 0. The van der Waals surface area contributed by atoms with Crippen LogP contribution in [0.4, 0.5) is 0 Å². The molecule has 0 fully saturated rings. The van der Waals surface area contributed by atoms with Gasteiger partial charge in [-0.3, -0.25) is 4.52 Å². The Labute approximate surface area is 62.1 Å². The smallest absolute Gasteiger partial charge is 0.298 e. The molecule has 1 rings (SSSR count). The van der Waals surface area contributed by atoms with Crippen molar-refractivity contribution in [2.45, 2.75) is 0 Å². The van der Waals surface area contributed by atoms with Crippen LogP contribution < -0.4 is 0 Å². The topological polar surface area (TPSA) is 26.3 Å². The lowest BCUT2D eigenvalue weighted by atomic mass is 10.4. The van der Waals surface area contributed by atoms with Gasteiger partial charge in [0.25, 0.3) is 0 Å². The predicted octanol–water partition coefficient (Wildman–Crippen LogP) is 2.53. The van der Waals surface area contributed by atoms with Crippen molar-refractivity contribution >= 4 is 8.69 Å². The second-order valence-corrected chi connectivity index (χ2v) is 1.93. The molecule has 0 aromatic heterocycles. The molecule has 0 radical (unpaired) electrons. The van der Waals surface area contributed by atoms with Gasteiger partial charge >= 0.3 is 8.69 Å². The molecule has 0 unspecified atom stereocenters. The van der Waals surface area contributed by atoms with E-state index in [4.69, 9.17) is 4.57 Å². The highest BCUT2D eigenvalue weighted by molar-refractivity contribution is 7.17. The van der Waals surface area contributed by atoms with Crippen molar-refractivity contribution in [3.63, 3.8) is 0 Å². The van der Waals surface area contributed by atoms with Crippen LogP contribution in [-0.2, 0) is 9.09 Å². The lowest BCUT2D eigenvalue weighted by Crippen LogP contribution is -1.47. The summed E-state index contributed by atoms with van der Waals surface area (Å²) >= 11 is 0. The third kappa shape index (κ3) is 7.28. The maximum Gasteiger partial charge on any atom is 0.327 e. The summed E-state index contributed by atoms with van der Waals surface area (Å²) in [6, 6.07) is 12.0. The van der Waals surface area contributed by atoms with Gasteiger partial charge in [-0.05, 0) is 0 Å². The second-order valence-electron chi connectivity index (χ2n) is 1.41. The molecular formula is C7H9O2P. The normalized spacial score (nSPS) is 8.10. The summed E-state index contributed by atoms with van der Waals surface area (Å²) in [5.74, 6) is 0. The van der Waals surface area contributed by atoms with Crippen molar-refractivity contribution in [3.05, 3.63) is 36.4 Å². The first kappa shape index (κ1) is 9.28. The highest BCUT2D eigenvalue weighted by atomic mass is 31.1. The minimum absolute atomic E-state index is 0.252. The molecule has 0 saturated heterocycles. The predicted molar refractivity (Wildman–Crippen MR) is 41.1 cm³/mol. The molecule has 2 nitrogen and oxygen atoms in total. The molecule has 0 atom stereocenters. The van der Waals surface area contributed by atoms with E-state index in [9.17, 15) is 0 Å². The van der Waals surface area contributed by atoms with E-state index in [1.165, 1.54) is 7.11 Å². The molecule has 54 valence electrons. The molecule has 10 heavy (non-hydrogen) atoms. The Hall–Kier alpha value is -0.720.